The Morgan fingerprint density at radius 2 is 1.64 bits per heavy atom. The van der Waals surface area contributed by atoms with E-state index in [0.29, 0.717) is 17.1 Å². The monoisotopic (exact) mass is 330 g/mol. The lowest BCUT2D eigenvalue weighted by atomic mass is 9.98. The van der Waals surface area contributed by atoms with Crippen LogP contribution >= 0.6 is 0 Å². The highest BCUT2D eigenvalue weighted by Crippen LogP contribution is 2.36. The summed E-state index contributed by atoms with van der Waals surface area (Å²) in [6.07, 6.45) is 0. The number of benzene rings is 2. The van der Waals surface area contributed by atoms with Crippen LogP contribution in [0.3, 0.4) is 0 Å². The molecule has 0 radical (unpaired) electrons. The molecule has 124 valence electrons. The van der Waals surface area contributed by atoms with Crippen LogP contribution in [-0.2, 0) is 0 Å². The third kappa shape index (κ3) is 3.17. The number of para-hydroxylation sites is 1. The zero-order valence-electron chi connectivity index (χ0n) is 14.4. The van der Waals surface area contributed by atoms with Crippen LogP contribution in [0.15, 0.2) is 54.6 Å². The van der Waals surface area contributed by atoms with E-state index in [2.05, 4.69) is 11.1 Å². The van der Waals surface area contributed by atoms with Crippen molar-refractivity contribution in [1.82, 2.24) is 4.98 Å². The minimum Gasteiger partial charge on any atom is -0.496 e. The minimum absolute atomic E-state index is 0.307. The van der Waals surface area contributed by atoms with Gasteiger partial charge >= 0.3 is 0 Å². The molecule has 0 aliphatic carbocycles. The smallest absolute Gasteiger partial charge is 0.232 e. The summed E-state index contributed by atoms with van der Waals surface area (Å²) in [7, 11) is 3.15. The van der Waals surface area contributed by atoms with E-state index in [-0.39, 0.29) is 0 Å². The third-order valence-electron chi connectivity index (χ3n) is 4.04. The van der Waals surface area contributed by atoms with Gasteiger partial charge in [-0.05, 0) is 30.7 Å². The number of hydrogen-bond donors (Lipinski definition) is 0. The number of rotatable bonds is 4. The molecule has 0 saturated carbocycles. The van der Waals surface area contributed by atoms with Crippen LogP contribution in [0.4, 0.5) is 0 Å². The Hall–Kier alpha value is -3.32. The molecule has 0 aliphatic rings. The van der Waals surface area contributed by atoms with Crippen molar-refractivity contribution in [3.63, 3.8) is 0 Å². The van der Waals surface area contributed by atoms with Gasteiger partial charge in [-0.3, -0.25) is 0 Å². The average Bonchev–Trinajstić information content (AvgIpc) is 2.67. The lowest BCUT2D eigenvalue weighted by Crippen LogP contribution is -1.98. The predicted molar refractivity (Wildman–Crippen MR) is 97.7 cm³/mol. The Labute approximate surface area is 147 Å². The maximum Gasteiger partial charge on any atom is 0.232 e. The molecule has 0 unspecified atom stereocenters. The summed E-state index contributed by atoms with van der Waals surface area (Å²) >= 11 is 0. The second kappa shape index (κ2) is 7.06. The maximum atomic E-state index is 9.61. The van der Waals surface area contributed by atoms with Gasteiger partial charge in [-0.1, -0.05) is 42.0 Å². The van der Waals surface area contributed by atoms with Crippen molar-refractivity contribution in [2.75, 3.05) is 14.2 Å². The fraction of sp³-hybridized carbons (Fsp3) is 0.143. The average molecular weight is 330 g/mol. The first-order chi connectivity index (χ1) is 12.2. The second-order valence-electron chi connectivity index (χ2n) is 5.62. The molecule has 0 saturated heterocycles. The SMILES string of the molecule is COc1ccccc1-c1cc(-c2ccc(C)cc2)c(C#N)c(OC)n1. The van der Waals surface area contributed by atoms with Crippen molar-refractivity contribution in [1.29, 1.82) is 5.26 Å². The highest BCUT2D eigenvalue weighted by molar-refractivity contribution is 5.79. The van der Waals surface area contributed by atoms with Crippen LogP contribution in [0.5, 0.6) is 11.6 Å². The van der Waals surface area contributed by atoms with Gasteiger partial charge in [0, 0.05) is 11.1 Å². The van der Waals surface area contributed by atoms with Gasteiger partial charge in [0.25, 0.3) is 0 Å². The lowest BCUT2D eigenvalue weighted by molar-refractivity contribution is 0.397. The van der Waals surface area contributed by atoms with Crippen molar-refractivity contribution in [3.05, 3.63) is 65.7 Å². The lowest BCUT2D eigenvalue weighted by Gasteiger charge is -2.13. The second-order valence-corrected chi connectivity index (χ2v) is 5.62. The van der Waals surface area contributed by atoms with Gasteiger partial charge in [-0.2, -0.15) is 5.26 Å². The Kier molecular flexibility index (Phi) is 4.67. The number of aryl methyl sites for hydroxylation is 1. The van der Waals surface area contributed by atoms with Gasteiger partial charge in [-0.15, -0.1) is 0 Å². The van der Waals surface area contributed by atoms with E-state index in [4.69, 9.17) is 9.47 Å². The van der Waals surface area contributed by atoms with Crippen LogP contribution in [0, 0.1) is 18.3 Å². The van der Waals surface area contributed by atoms with Crippen molar-refractivity contribution in [2.24, 2.45) is 0 Å². The zero-order chi connectivity index (χ0) is 17.8. The molecular formula is C21H18N2O2. The number of aromatic nitrogens is 1. The first kappa shape index (κ1) is 16.5. The number of hydrogen-bond acceptors (Lipinski definition) is 4. The van der Waals surface area contributed by atoms with Gasteiger partial charge in [0.05, 0.1) is 19.9 Å². The number of ether oxygens (including phenoxy) is 2. The van der Waals surface area contributed by atoms with E-state index >= 15 is 0 Å². The van der Waals surface area contributed by atoms with E-state index in [1.54, 1.807) is 7.11 Å². The van der Waals surface area contributed by atoms with E-state index < -0.39 is 0 Å². The Morgan fingerprint density at radius 1 is 0.920 bits per heavy atom. The number of nitriles is 1. The Morgan fingerprint density at radius 3 is 2.28 bits per heavy atom. The molecule has 0 spiro atoms. The molecule has 4 nitrogen and oxygen atoms in total. The molecule has 0 fully saturated rings. The van der Waals surface area contributed by atoms with Crippen molar-refractivity contribution < 1.29 is 9.47 Å². The Bertz CT molecular complexity index is 941. The molecule has 1 heterocycles. The quantitative estimate of drug-likeness (QED) is 0.701. The normalized spacial score (nSPS) is 10.2. The third-order valence-corrected chi connectivity index (χ3v) is 4.04. The van der Waals surface area contributed by atoms with Crippen LogP contribution in [-0.4, -0.2) is 19.2 Å². The predicted octanol–water partition coefficient (Wildman–Crippen LogP) is 4.61. The van der Waals surface area contributed by atoms with E-state index in [1.165, 1.54) is 7.11 Å². The molecule has 0 N–H and O–H groups in total. The highest BCUT2D eigenvalue weighted by atomic mass is 16.5. The molecule has 4 heteroatoms. The standard InChI is InChI=1S/C21H18N2O2/c1-14-8-10-15(11-9-14)17-12-19(23-21(25-3)18(17)13-22)16-6-4-5-7-20(16)24-2/h4-12H,1-3H3. The molecule has 0 bridgehead atoms. The molecule has 25 heavy (non-hydrogen) atoms. The van der Waals surface area contributed by atoms with Gasteiger partial charge in [-0.25, -0.2) is 4.98 Å². The van der Waals surface area contributed by atoms with E-state index in [9.17, 15) is 5.26 Å². The number of pyridine rings is 1. The molecule has 2 aromatic carbocycles. The van der Waals surface area contributed by atoms with E-state index in [0.717, 1.165) is 28.0 Å². The summed E-state index contributed by atoms with van der Waals surface area (Å²) in [5, 5.41) is 9.61. The van der Waals surface area contributed by atoms with Gasteiger partial charge in [0.15, 0.2) is 0 Å². The molecule has 3 rings (SSSR count). The Balaban J connectivity index is 2.27. The summed E-state index contributed by atoms with van der Waals surface area (Å²) < 4.78 is 10.8. The van der Waals surface area contributed by atoms with Crippen LogP contribution in [0.1, 0.15) is 11.1 Å². The van der Waals surface area contributed by atoms with Gasteiger partial charge in [0.1, 0.15) is 17.4 Å². The fourth-order valence-electron chi connectivity index (χ4n) is 2.73. The minimum atomic E-state index is 0.307. The molecule has 0 amide bonds. The molecule has 1 aromatic heterocycles. The van der Waals surface area contributed by atoms with Gasteiger partial charge < -0.3 is 9.47 Å². The molecule has 0 aliphatic heterocycles. The summed E-state index contributed by atoms with van der Waals surface area (Å²) in [6, 6.07) is 19.8. The van der Waals surface area contributed by atoms with E-state index in [1.807, 2.05) is 61.5 Å². The van der Waals surface area contributed by atoms with Crippen LogP contribution in [0.25, 0.3) is 22.4 Å². The van der Waals surface area contributed by atoms with Crippen molar-refractivity contribution in [3.8, 4) is 40.1 Å². The summed E-state index contributed by atoms with van der Waals surface area (Å²) in [5.41, 5.74) is 4.86. The summed E-state index contributed by atoms with van der Waals surface area (Å²) in [5.74, 6) is 1.03. The highest BCUT2D eigenvalue weighted by Gasteiger charge is 2.17. The maximum absolute atomic E-state index is 9.61. The summed E-state index contributed by atoms with van der Waals surface area (Å²) in [6.45, 7) is 2.03. The van der Waals surface area contributed by atoms with Crippen LogP contribution in [0.2, 0.25) is 0 Å². The van der Waals surface area contributed by atoms with Crippen LogP contribution < -0.4 is 9.47 Å². The van der Waals surface area contributed by atoms with Crippen molar-refractivity contribution in [2.45, 2.75) is 6.92 Å². The molecular weight excluding hydrogens is 312 g/mol. The fourth-order valence-corrected chi connectivity index (χ4v) is 2.73. The number of nitrogens with zero attached hydrogens (tertiary/aromatic N) is 2. The zero-order valence-corrected chi connectivity index (χ0v) is 14.4. The first-order valence-electron chi connectivity index (χ1n) is 7.87. The van der Waals surface area contributed by atoms with Gasteiger partial charge in [0.2, 0.25) is 5.88 Å². The molecule has 3 aromatic rings. The topological polar surface area (TPSA) is 55.1 Å². The largest absolute Gasteiger partial charge is 0.496 e. The summed E-state index contributed by atoms with van der Waals surface area (Å²) in [4.78, 5) is 4.52. The van der Waals surface area contributed by atoms with Crippen molar-refractivity contribution >= 4 is 0 Å². The first-order valence-corrected chi connectivity index (χ1v) is 7.87. The number of methoxy groups -OCH3 is 2. The molecule has 0 atom stereocenters.